The molecule has 0 amide bonds. The molecule has 0 fully saturated rings. The zero-order valence-electron chi connectivity index (χ0n) is 18.7. The molecule has 5 heteroatoms. The molecule has 0 saturated carbocycles. The standard InChI is InChI=1S/C24H33N3O2/c1-8-9-18(14-28-6)27-13-17(5)23-21(27)12-16(4)22(26-23)19-10-11-20(15(2)3)25-24(19)29-7/h10-13,15,18H,8-9,14H2,1-7H3. The number of hydrogen-bond donors (Lipinski definition) is 0. The van der Waals surface area contributed by atoms with E-state index >= 15 is 0 Å². The normalized spacial score (nSPS) is 12.7. The molecule has 0 aromatic carbocycles. The summed E-state index contributed by atoms with van der Waals surface area (Å²) in [4.78, 5) is 9.78. The average Bonchev–Trinajstić information content (AvgIpc) is 3.02. The third-order valence-corrected chi connectivity index (χ3v) is 5.47. The maximum absolute atomic E-state index is 5.62. The van der Waals surface area contributed by atoms with Crippen molar-refractivity contribution in [3.05, 3.63) is 41.2 Å². The van der Waals surface area contributed by atoms with E-state index in [4.69, 9.17) is 19.4 Å². The smallest absolute Gasteiger partial charge is 0.222 e. The molecule has 29 heavy (non-hydrogen) atoms. The van der Waals surface area contributed by atoms with Gasteiger partial charge in [-0.25, -0.2) is 9.97 Å². The first-order valence-corrected chi connectivity index (χ1v) is 10.4. The Morgan fingerprint density at radius 1 is 1.07 bits per heavy atom. The zero-order chi connectivity index (χ0) is 21.1. The van der Waals surface area contributed by atoms with Crippen LogP contribution in [0, 0.1) is 13.8 Å². The van der Waals surface area contributed by atoms with E-state index in [2.05, 4.69) is 63.6 Å². The maximum Gasteiger partial charge on any atom is 0.222 e. The minimum Gasteiger partial charge on any atom is -0.480 e. The minimum absolute atomic E-state index is 0.315. The number of fused-ring (bicyclic) bond motifs is 1. The van der Waals surface area contributed by atoms with E-state index in [1.165, 1.54) is 5.56 Å². The van der Waals surface area contributed by atoms with Gasteiger partial charge in [-0.2, -0.15) is 0 Å². The minimum atomic E-state index is 0.315. The van der Waals surface area contributed by atoms with Gasteiger partial charge in [0.2, 0.25) is 5.88 Å². The lowest BCUT2D eigenvalue weighted by atomic mass is 10.0. The molecule has 1 atom stereocenters. The highest BCUT2D eigenvalue weighted by Gasteiger charge is 2.19. The Hall–Kier alpha value is -2.40. The number of nitrogens with zero attached hydrogens (tertiary/aromatic N) is 3. The van der Waals surface area contributed by atoms with E-state index in [9.17, 15) is 0 Å². The number of aromatic nitrogens is 3. The second-order valence-electron chi connectivity index (χ2n) is 8.09. The first-order valence-electron chi connectivity index (χ1n) is 10.4. The fourth-order valence-electron chi connectivity index (χ4n) is 3.94. The zero-order valence-corrected chi connectivity index (χ0v) is 18.7. The molecule has 156 valence electrons. The van der Waals surface area contributed by atoms with Crippen molar-refractivity contribution < 1.29 is 9.47 Å². The molecule has 0 saturated heterocycles. The van der Waals surface area contributed by atoms with Crippen LogP contribution in [0.2, 0.25) is 0 Å². The van der Waals surface area contributed by atoms with Crippen molar-refractivity contribution in [2.75, 3.05) is 20.8 Å². The summed E-state index contributed by atoms with van der Waals surface area (Å²) in [6.07, 6.45) is 4.39. The summed E-state index contributed by atoms with van der Waals surface area (Å²) in [6.45, 7) is 11.4. The highest BCUT2D eigenvalue weighted by atomic mass is 16.5. The number of ether oxygens (including phenoxy) is 2. The van der Waals surface area contributed by atoms with Crippen molar-refractivity contribution in [1.29, 1.82) is 0 Å². The molecule has 0 spiro atoms. The first-order chi connectivity index (χ1) is 13.9. The van der Waals surface area contributed by atoms with Crippen LogP contribution in [0.5, 0.6) is 5.88 Å². The number of rotatable bonds is 8. The van der Waals surface area contributed by atoms with Crippen LogP contribution in [0.1, 0.15) is 62.4 Å². The van der Waals surface area contributed by atoms with Crippen molar-refractivity contribution in [2.45, 2.75) is 59.4 Å². The first kappa shape index (κ1) is 21.3. The van der Waals surface area contributed by atoms with Gasteiger partial charge in [0.25, 0.3) is 0 Å². The lowest BCUT2D eigenvalue weighted by Gasteiger charge is -2.19. The molecule has 0 N–H and O–H groups in total. The fraction of sp³-hybridized carbons (Fsp3) is 0.500. The van der Waals surface area contributed by atoms with Crippen molar-refractivity contribution in [2.24, 2.45) is 0 Å². The Morgan fingerprint density at radius 3 is 2.45 bits per heavy atom. The summed E-state index contributed by atoms with van der Waals surface area (Å²) in [5.41, 5.74) is 7.35. The Bertz CT molecular complexity index is 985. The van der Waals surface area contributed by atoms with Gasteiger partial charge in [-0.1, -0.05) is 27.2 Å². The topological polar surface area (TPSA) is 49.2 Å². The van der Waals surface area contributed by atoms with Crippen LogP contribution >= 0.6 is 0 Å². The van der Waals surface area contributed by atoms with Gasteiger partial charge in [0.05, 0.1) is 42.0 Å². The highest BCUT2D eigenvalue weighted by molar-refractivity contribution is 5.85. The van der Waals surface area contributed by atoms with Crippen LogP contribution < -0.4 is 4.74 Å². The molecule has 0 aliphatic heterocycles. The molecular formula is C24H33N3O2. The molecule has 5 nitrogen and oxygen atoms in total. The van der Waals surface area contributed by atoms with E-state index in [0.29, 0.717) is 24.4 Å². The molecule has 0 bridgehead atoms. The molecule has 0 radical (unpaired) electrons. The number of methoxy groups -OCH3 is 2. The predicted octanol–water partition coefficient (Wildman–Crippen LogP) is 5.83. The summed E-state index contributed by atoms with van der Waals surface area (Å²) in [6, 6.07) is 6.70. The third kappa shape index (κ3) is 4.15. The second kappa shape index (κ2) is 8.95. The molecule has 3 rings (SSSR count). The SMILES string of the molecule is CCCC(COC)n1cc(C)c2nc(-c3ccc(C(C)C)nc3OC)c(C)cc21. The largest absolute Gasteiger partial charge is 0.480 e. The van der Waals surface area contributed by atoms with E-state index in [-0.39, 0.29) is 0 Å². The third-order valence-electron chi connectivity index (χ3n) is 5.47. The molecule has 3 aromatic rings. The van der Waals surface area contributed by atoms with Gasteiger partial charge in [0.1, 0.15) is 0 Å². The van der Waals surface area contributed by atoms with Crippen molar-refractivity contribution >= 4 is 11.0 Å². The van der Waals surface area contributed by atoms with Crippen LogP contribution in [-0.2, 0) is 4.74 Å². The van der Waals surface area contributed by atoms with Gasteiger partial charge in [0.15, 0.2) is 0 Å². The van der Waals surface area contributed by atoms with Crippen molar-refractivity contribution in [1.82, 2.24) is 14.5 Å². The molecule has 3 aromatic heterocycles. The van der Waals surface area contributed by atoms with Crippen LogP contribution in [0.15, 0.2) is 24.4 Å². The summed E-state index contributed by atoms with van der Waals surface area (Å²) in [5, 5.41) is 0. The summed E-state index contributed by atoms with van der Waals surface area (Å²) < 4.78 is 13.4. The fourth-order valence-corrected chi connectivity index (χ4v) is 3.94. The number of hydrogen-bond acceptors (Lipinski definition) is 4. The quantitative estimate of drug-likeness (QED) is 0.481. The Morgan fingerprint density at radius 2 is 1.83 bits per heavy atom. The lowest BCUT2D eigenvalue weighted by Crippen LogP contribution is -2.13. The van der Waals surface area contributed by atoms with Crippen LogP contribution in [-0.4, -0.2) is 35.4 Å². The average molecular weight is 396 g/mol. The maximum atomic E-state index is 5.62. The summed E-state index contributed by atoms with van der Waals surface area (Å²) in [5.74, 6) is 0.980. The second-order valence-corrected chi connectivity index (χ2v) is 8.09. The van der Waals surface area contributed by atoms with E-state index in [1.54, 1.807) is 14.2 Å². The summed E-state index contributed by atoms with van der Waals surface area (Å²) >= 11 is 0. The molecular weight excluding hydrogens is 362 g/mol. The van der Waals surface area contributed by atoms with E-state index in [1.807, 2.05) is 0 Å². The van der Waals surface area contributed by atoms with Gasteiger partial charge in [-0.15, -0.1) is 0 Å². The van der Waals surface area contributed by atoms with E-state index in [0.717, 1.165) is 46.4 Å². The monoisotopic (exact) mass is 395 g/mol. The lowest BCUT2D eigenvalue weighted by molar-refractivity contribution is 0.152. The predicted molar refractivity (Wildman–Crippen MR) is 119 cm³/mol. The summed E-state index contributed by atoms with van der Waals surface area (Å²) in [7, 11) is 3.44. The van der Waals surface area contributed by atoms with Crippen molar-refractivity contribution in [3.63, 3.8) is 0 Å². The van der Waals surface area contributed by atoms with Gasteiger partial charge in [0, 0.05) is 19.0 Å². The molecule has 1 unspecified atom stereocenters. The van der Waals surface area contributed by atoms with Gasteiger partial charge in [-0.05, 0) is 55.5 Å². The highest BCUT2D eigenvalue weighted by Crippen LogP contribution is 2.34. The van der Waals surface area contributed by atoms with Gasteiger partial charge in [-0.3, -0.25) is 0 Å². The van der Waals surface area contributed by atoms with Crippen LogP contribution in [0.3, 0.4) is 0 Å². The molecule has 0 aliphatic rings. The van der Waals surface area contributed by atoms with Crippen LogP contribution in [0.4, 0.5) is 0 Å². The number of aryl methyl sites for hydroxylation is 2. The number of pyridine rings is 2. The van der Waals surface area contributed by atoms with Crippen molar-refractivity contribution in [3.8, 4) is 17.1 Å². The van der Waals surface area contributed by atoms with Gasteiger partial charge >= 0.3 is 0 Å². The van der Waals surface area contributed by atoms with Crippen LogP contribution in [0.25, 0.3) is 22.3 Å². The Labute approximate surface area is 174 Å². The van der Waals surface area contributed by atoms with E-state index < -0.39 is 0 Å². The Kier molecular flexibility index (Phi) is 6.58. The molecule has 0 aliphatic carbocycles. The Balaban J connectivity index is 2.15. The van der Waals surface area contributed by atoms with Gasteiger partial charge < -0.3 is 14.0 Å². The molecule has 3 heterocycles.